The fourth-order valence-electron chi connectivity index (χ4n) is 7.78. The first-order valence-corrected chi connectivity index (χ1v) is 16.3. The number of allylic oxidation sites excluding steroid dienone is 11. The molecule has 1 saturated carbocycles. The summed E-state index contributed by atoms with van der Waals surface area (Å²) in [6, 6.07) is 0. The third kappa shape index (κ3) is 4.92. The Morgan fingerprint density at radius 2 is 1.83 bits per heavy atom. The molecule has 1 aliphatic carbocycles. The lowest BCUT2D eigenvalue weighted by atomic mass is 9.85. The van der Waals surface area contributed by atoms with Gasteiger partial charge in [-0.1, -0.05) is 27.2 Å². The smallest absolute Gasteiger partial charge is 0.305 e. The van der Waals surface area contributed by atoms with Gasteiger partial charge in [-0.15, -0.1) is 0 Å². The van der Waals surface area contributed by atoms with Crippen molar-refractivity contribution in [3.63, 3.8) is 0 Å². The van der Waals surface area contributed by atoms with E-state index < -0.39 is 6.10 Å². The average Bonchev–Trinajstić information content (AvgIpc) is 3.80. The van der Waals surface area contributed by atoms with Gasteiger partial charge in [0.05, 0.1) is 53.7 Å². The summed E-state index contributed by atoms with van der Waals surface area (Å²) in [5.41, 5.74) is 12.3. The molecule has 3 N–H and O–H groups in total. The predicted molar refractivity (Wildman–Crippen MR) is 179 cm³/mol. The van der Waals surface area contributed by atoms with Gasteiger partial charge in [-0.25, -0.2) is 15.0 Å². The highest BCUT2D eigenvalue weighted by molar-refractivity contribution is 6.38. The number of rotatable bonds is 7. The number of Topliss-reactive ketones (excluding diaryl/α,β-unsaturated/α-hetero) is 1. The van der Waals surface area contributed by atoms with Crippen LogP contribution in [0.25, 0.3) is 0 Å². The van der Waals surface area contributed by atoms with Crippen LogP contribution in [0.3, 0.4) is 0 Å². The maximum atomic E-state index is 13.7. The first-order valence-electron chi connectivity index (χ1n) is 16.3. The largest absolute Gasteiger partial charge is 0.515 e. The van der Waals surface area contributed by atoms with Crippen LogP contribution in [-0.4, -0.2) is 52.3 Å². The normalized spacial score (nSPS) is 25.4. The van der Waals surface area contributed by atoms with Gasteiger partial charge in [0.1, 0.15) is 0 Å². The number of esters is 1. The quantitative estimate of drug-likeness (QED) is 0.224. The van der Waals surface area contributed by atoms with E-state index in [1.54, 1.807) is 6.92 Å². The second kappa shape index (κ2) is 12.1. The van der Waals surface area contributed by atoms with Crippen LogP contribution < -0.4 is 5.32 Å². The Hall–Kier alpha value is -4.37. The number of hydrogen-bond acceptors (Lipinski definition) is 9. The van der Waals surface area contributed by atoms with Gasteiger partial charge >= 0.3 is 5.97 Å². The van der Waals surface area contributed by atoms with E-state index in [0.717, 1.165) is 57.7 Å². The second-order valence-electron chi connectivity index (χ2n) is 12.7. The zero-order valence-corrected chi connectivity index (χ0v) is 27.7. The van der Waals surface area contributed by atoms with E-state index in [0.29, 0.717) is 64.5 Å². The summed E-state index contributed by atoms with van der Waals surface area (Å²) in [6.45, 7) is 12.0. The molecule has 5 aliphatic heterocycles. The van der Waals surface area contributed by atoms with Crippen LogP contribution >= 0.6 is 0 Å². The van der Waals surface area contributed by atoms with Gasteiger partial charge in [-0.3, -0.25) is 9.59 Å². The van der Waals surface area contributed by atoms with E-state index in [4.69, 9.17) is 19.7 Å². The SMILES string of the molecule is CCCC1=C2C=C3N=C4C(=C5NC(=C(C)C6=NC(=CC(=N2)/C1=C/O)C(C(C)O)=C6C)[C@@H](C)[C@@H]5CCC(=O)OC)CC(=O)C4=C3CC. The fourth-order valence-corrected chi connectivity index (χ4v) is 7.78. The zero-order valence-electron chi connectivity index (χ0n) is 27.7. The topological polar surface area (TPSA) is 133 Å². The molecule has 8 bridgehead atoms. The summed E-state index contributed by atoms with van der Waals surface area (Å²) in [6.07, 6.45) is 7.29. The minimum absolute atomic E-state index is 0.0155. The summed E-state index contributed by atoms with van der Waals surface area (Å²) >= 11 is 0. The van der Waals surface area contributed by atoms with E-state index in [1.165, 1.54) is 7.11 Å². The number of carbonyl (C=O) groups is 2. The van der Waals surface area contributed by atoms with E-state index in [2.05, 4.69) is 19.2 Å². The molecular formula is C37H42N4O5. The molecule has 3 atom stereocenters. The van der Waals surface area contributed by atoms with Gasteiger partial charge in [0, 0.05) is 58.4 Å². The number of methoxy groups -OCH3 is 1. The molecule has 5 heterocycles. The lowest BCUT2D eigenvalue weighted by Gasteiger charge is -2.17. The molecule has 1 unspecified atom stereocenters. The molecule has 0 radical (unpaired) electrons. The van der Waals surface area contributed by atoms with Crippen LogP contribution in [0.1, 0.15) is 80.1 Å². The van der Waals surface area contributed by atoms with Crippen molar-refractivity contribution in [2.75, 3.05) is 7.11 Å². The van der Waals surface area contributed by atoms with Gasteiger partial charge in [-0.05, 0) is 74.5 Å². The van der Waals surface area contributed by atoms with Gasteiger partial charge in [-0.2, -0.15) is 0 Å². The lowest BCUT2D eigenvalue weighted by molar-refractivity contribution is -0.140. The van der Waals surface area contributed by atoms with Crippen LogP contribution in [0.2, 0.25) is 0 Å². The van der Waals surface area contributed by atoms with Crippen molar-refractivity contribution in [3.05, 3.63) is 91.5 Å². The van der Waals surface area contributed by atoms with Crippen LogP contribution in [-0.2, 0) is 14.3 Å². The van der Waals surface area contributed by atoms with Crippen molar-refractivity contribution < 1.29 is 24.5 Å². The Kier molecular flexibility index (Phi) is 8.31. The third-order valence-corrected chi connectivity index (χ3v) is 10.0. The number of hydrogen-bond donors (Lipinski definition) is 3. The molecule has 0 spiro atoms. The summed E-state index contributed by atoms with van der Waals surface area (Å²) < 4.78 is 4.99. The Morgan fingerprint density at radius 3 is 2.48 bits per heavy atom. The maximum absolute atomic E-state index is 13.7. The standard InChI is InChI=1S/C37H42N4O5/c1-8-10-23-25(16-42)28-15-29-32(20(6)43)18(4)35(40-29)19(5)34-17(3)22(11-12-31(45)46-7)36(41-34)24-13-30(44)33-21(9-2)26(39-37(24)33)14-27(23)38-28/h14-17,20,22,41-43H,8-13H2,1-7H3/b25-16+,26-14?,29-15?,34-19?,36-24?/t17-,20?,22-/m0/s1. The summed E-state index contributed by atoms with van der Waals surface area (Å²) in [5, 5.41) is 25.1. The van der Waals surface area contributed by atoms with Crippen molar-refractivity contribution in [2.24, 2.45) is 26.8 Å². The van der Waals surface area contributed by atoms with Gasteiger partial charge in [0.15, 0.2) is 5.78 Å². The van der Waals surface area contributed by atoms with Crippen molar-refractivity contribution in [1.82, 2.24) is 5.32 Å². The van der Waals surface area contributed by atoms with Gasteiger partial charge < -0.3 is 20.3 Å². The van der Waals surface area contributed by atoms with Crippen molar-refractivity contribution in [2.45, 2.75) is 86.2 Å². The number of fused-ring (bicyclic) bond motifs is 5. The second-order valence-corrected chi connectivity index (χ2v) is 12.7. The van der Waals surface area contributed by atoms with E-state index in [9.17, 15) is 19.8 Å². The van der Waals surface area contributed by atoms with Crippen molar-refractivity contribution in [3.8, 4) is 0 Å². The number of aliphatic hydroxyl groups excluding tert-OH is 2. The van der Waals surface area contributed by atoms with Crippen LogP contribution in [0.4, 0.5) is 0 Å². The van der Waals surface area contributed by atoms with Crippen LogP contribution in [0.5, 0.6) is 0 Å². The molecule has 0 aromatic heterocycles. The van der Waals surface area contributed by atoms with Crippen LogP contribution in [0.15, 0.2) is 106 Å². The van der Waals surface area contributed by atoms with Crippen molar-refractivity contribution >= 4 is 28.9 Å². The highest BCUT2D eigenvalue weighted by Crippen LogP contribution is 2.47. The summed E-state index contributed by atoms with van der Waals surface area (Å²) in [7, 11) is 1.40. The third-order valence-electron chi connectivity index (χ3n) is 10.0. The molecule has 2 fully saturated rings. The minimum atomic E-state index is -0.786. The average molecular weight is 623 g/mol. The Bertz CT molecular complexity index is 1820. The Labute approximate surface area is 270 Å². The molecule has 0 amide bonds. The molecule has 6 aliphatic rings. The number of ether oxygens (including phenoxy) is 1. The van der Waals surface area contributed by atoms with Crippen molar-refractivity contribution in [1.29, 1.82) is 0 Å². The first kappa shape index (κ1) is 31.6. The minimum Gasteiger partial charge on any atom is -0.515 e. The molecule has 9 nitrogen and oxygen atoms in total. The van der Waals surface area contributed by atoms with E-state index in [1.807, 2.05) is 32.9 Å². The molecule has 0 aromatic rings. The van der Waals surface area contributed by atoms with E-state index in [-0.39, 0.29) is 36.4 Å². The predicted octanol–water partition coefficient (Wildman–Crippen LogP) is 6.34. The Balaban J connectivity index is 1.66. The number of aliphatic imine (C=N–C) groups is 3. The summed E-state index contributed by atoms with van der Waals surface area (Å²) in [5.74, 6) is -0.320. The molecule has 240 valence electrons. The Morgan fingerprint density at radius 1 is 1.09 bits per heavy atom. The van der Waals surface area contributed by atoms with Gasteiger partial charge in [0.2, 0.25) is 0 Å². The number of ketones is 1. The van der Waals surface area contributed by atoms with E-state index >= 15 is 0 Å². The monoisotopic (exact) mass is 622 g/mol. The highest BCUT2D eigenvalue weighted by Gasteiger charge is 2.44. The highest BCUT2D eigenvalue weighted by atomic mass is 16.5. The molecule has 6 rings (SSSR count). The molecule has 0 aromatic carbocycles. The first-order chi connectivity index (χ1) is 22.0. The number of nitrogens with zero attached hydrogens (tertiary/aromatic N) is 3. The zero-order chi connectivity index (χ0) is 33.0. The molecule has 46 heavy (non-hydrogen) atoms. The number of nitrogens with one attached hydrogen (secondary N) is 1. The molecular weight excluding hydrogens is 580 g/mol. The number of aliphatic hydroxyl groups is 2. The summed E-state index contributed by atoms with van der Waals surface area (Å²) in [4.78, 5) is 41.2. The number of carbonyl (C=O) groups excluding carboxylic acids is 2. The molecule has 9 heteroatoms. The fraction of sp³-hybridized carbons (Fsp3) is 0.432. The van der Waals surface area contributed by atoms with Crippen LogP contribution in [0, 0.1) is 11.8 Å². The lowest BCUT2D eigenvalue weighted by Crippen LogP contribution is -2.15. The van der Waals surface area contributed by atoms with Gasteiger partial charge in [0.25, 0.3) is 0 Å². The maximum Gasteiger partial charge on any atom is 0.305 e. The molecule has 1 saturated heterocycles.